The third kappa shape index (κ3) is 5.43. The highest BCUT2D eigenvalue weighted by Crippen LogP contribution is 1.99. The Hall–Kier alpha value is -2.22. The maximum absolute atomic E-state index is 10.6. The molecule has 0 atom stereocenters. The second kappa shape index (κ2) is 6.31. The van der Waals surface area contributed by atoms with Gasteiger partial charge >= 0.3 is 5.91 Å². The van der Waals surface area contributed by atoms with E-state index in [1.54, 1.807) is 30.3 Å². The number of aliphatic carboxylic acids is 1. The van der Waals surface area contributed by atoms with E-state index in [1.807, 2.05) is 0 Å². The van der Waals surface area contributed by atoms with Crippen molar-refractivity contribution in [1.82, 2.24) is 0 Å². The van der Waals surface area contributed by atoms with Gasteiger partial charge in [-0.1, -0.05) is 18.2 Å². The number of nitrogens with zero attached hydrogens (tertiary/aromatic N) is 2. The minimum Gasteiger partial charge on any atom is -0.550 e. The Labute approximate surface area is 80.6 Å². The fourth-order valence-electron chi connectivity index (χ4n) is 0.638. The molecule has 14 heavy (non-hydrogen) atoms. The van der Waals surface area contributed by atoms with Crippen LogP contribution in [-0.4, -0.2) is 11.9 Å². The molecule has 1 amide bonds. The van der Waals surface area contributed by atoms with E-state index in [-0.39, 0.29) is 0 Å². The summed E-state index contributed by atoms with van der Waals surface area (Å²) in [5, 5.41) is 17.0. The van der Waals surface area contributed by atoms with Crippen LogP contribution in [0.5, 0.6) is 0 Å². The van der Waals surface area contributed by atoms with Gasteiger partial charge in [0, 0.05) is 5.97 Å². The van der Waals surface area contributed by atoms with Gasteiger partial charge in [0.15, 0.2) is 0 Å². The predicted molar refractivity (Wildman–Crippen MR) is 46.5 cm³/mol. The van der Waals surface area contributed by atoms with Gasteiger partial charge in [-0.05, 0) is 19.1 Å². The van der Waals surface area contributed by atoms with Crippen molar-refractivity contribution in [2.45, 2.75) is 6.92 Å². The zero-order valence-corrected chi connectivity index (χ0v) is 7.51. The molecule has 1 aromatic rings. The second-order valence-electron chi connectivity index (χ2n) is 2.26. The third-order valence-electron chi connectivity index (χ3n) is 1.11. The van der Waals surface area contributed by atoms with Crippen LogP contribution in [0, 0.1) is 5.39 Å². The van der Waals surface area contributed by atoms with Crippen LogP contribution in [0.15, 0.2) is 30.3 Å². The van der Waals surface area contributed by atoms with Crippen molar-refractivity contribution in [3.8, 4) is 0 Å². The Balaban J connectivity index is 0.000000364. The van der Waals surface area contributed by atoms with Crippen LogP contribution in [0.4, 0.5) is 0 Å². The van der Waals surface area contributed by atoms with Crippen molar-refractivity contribution >= 4 is 11.9 Å². The highest BCUT2D eigenvalue weighted by atomic mass is 16.4. The first-order valence-corrected chi connectivity index (χ1v) is 3.70. The molecular weight excluding hydrogens is 184 g/mol. The van der Waals surface area contributed by atoms with E-state index in [0.29, 0.717) is 5.56 Å². The van der Waals surface area contributed by atoms with Crippen LogP contribution in [0.2, 0.25) is 0 Å². The number of rotatable bonds is 1. The minimum absolute atomic E-state index is 0.394. The molecule has 0 unspecified atom stereocenters. The van der Waals surface area contributed by atoms with E-state index in [4.69, 9.17) is 15.3 Å². The number of carbonyl (C=O) groups is 2. The Morgan fingerprint density at radius 1 is 1.29 bits per heavy atom. The van der Waals surface area contributed by atoms with Gasteiger partial charge in [-0.2, -0.15) is 4.79 Å². The molecule has 0 aromatic heterocycles. The molecule has 5 heteroatoms. The molecule has 0 radical (unpaired) electrons. The molecule has 5 nitrogen and oxygen atoms in total. The van der Waals surface area contributed by atoms with E-state index < -0.39 is 11.9 Å². The van der Waals surface area contributed by atoms with Gasteiger partial charge in [-0.3, -0.25) is 0 Å². The Morgan fingerprint density at radius 2 is 1.71 bits per heavy atom. The summed E-state index contributed by atoms with van der Waals surface area (Å²) >= 11 is 0. The Bertz CT molecular complexity index is 350. The molecule has 0 heterocycles. The lowest BCUT2D eigenvalue weighted by molar-refractivity contribution is -0.302. The molecule has 0 aliphatic carbocycles. The van der Waals surface area contributed by atoms with Crippen LogP contribution >= 0.6 is 0 Å². The fraction of sp³-hybridized carbons (Fsp3) is 0.111. The van der Waals surface area contributed by atoms with Gasteiger partial charge in [0.1, 0.15) is 5.56 Å². The zero-order chi connectivity index (χ0) is 11.0. The third-order valence-corrected chi connectivity index (χ3v) is 1.11. The number of benzene rings is 1. The molecule has 0 aliphatic rings. The largest absolute Gasteiger partial charge is 0.593 e. The summed E-state index contributed by atoms with van der Waals surface area (Å²) in [7, 11) is 0. The van der Waals surface area contributed by atoms with E-state index in [1.165, 1.54) is 0 Å². The van der Waals surface area contributed by atoms with Gasteiger partial charge in [0.05, 0.1) is 0 Å². The van der Waals surface area contributed by atoms with Gasteiger partial charge in [-0.25, -0.2) is 0 Å². The van der Waals surface area contributed by atoms with Gasteiger partial charge in [-0.15, -0.1) is 0 Å². The number of diazo groups is 1. The molecule has 0 bridgehead atoms. The summed E-state index contributed by atoms with van der Waals surface area (Å²) in [5.74, 6) is -1.69. The second-order valence-corrected chi connectivity index (χ2v) is 2.26. The lowest BCUT2D eigenvalue weighted by atomic mass is 10.2. The van der Waals surface area contributed by atoms with E-state index in [0.717, 1.165) is 6.92 Å². The molecule has 0 aliphatic heterocycles. The summed E-state index contributed by atoms with van der Waals surface area (Å²) in [6.45, 7) is 0.972. The average Bonchev–Trinajstić information content (AvgIpc) is 2.17. The number of hydrogen-bond acceptors (Lipinski definition) is 4. The summed E-state index contributed by atoms with van der Waals surface area (Å²) in [6.07, 6.45) is 0. The summed E-state index contributed by atoms with van der Waals surface area (Å²) in [4.78, 5) is 22.0. The molecule has 0 saturated heterocycles. The van der Waals surface area contributed by atoms with Crippen LogP contribution < -0.4 is 5.11 Å². The summed E-state index contributed by atoms with van der Waals surface area (Å²) < 4.78 is 0. The van der Waals surface area contributed by atoms with Crippen LogP contribution in [0.3, 0.4) is 0 Å². The maximum atomic E-state index is 10.6. The molecule has 1 rings (SSSR count). The number of amides is 1. The van der Waals surface area contributed by atoms with Gasteiger partial charge in [0.25, 0.3) is 0 Å². The van der Waals surface area contributed by atoms with Crippen LogP contribution in [0.25, 0.3) is 4.98 Å². The number of carbonyl (C=O) groups excluding carboxylic acids is 2. The number of carboxylic acids is 1. The first-order valence-electron chi connectivity index (χ1n) is 3.70. The quantitative estimate of drug-likeness (QED) is 0.604. The van der Waals surface area contributed by atoms with Crippen molar-refractivity contribution < 1.29 is 14.7 Å². The summed E-state index contributed by atoms with van der Waals surface area (Å²) in [5.41, 5.74) is 0.394. The SMILES string of the molecule is CC(=O)[O-].N#[N+]C(=O)c1ccccc1. The van der Waals surface area contributed by atoms with Crippen molar-refractivity contribution in [3.63, 3.8) is 0 Å². The van der Waals surface area contributed by atoms with Gasteiger partial charge in [0.2, 0.25) is 10.4 Å². The Kier molecular flexibility index (Phi) is 5.31. The first kappa shape index (κ1) is 11.8. The highest BCUT2D eigenvalue weighted by Gasteiger charge is 2.15. The lowest BCUT2D eigenvalue weighted by Gasteiger charge is -1.79. The molecule has 0 N–H and O–H groups in total. The monoisotopic (exact) mass is 192 g/mol. The normalized spacial score (nSPS) is 7.71. The molecular formula is C9H8N2O3. The average molecular weight is 192 g/mol. The number of carboxylic acid groups (broad SMARTS) is 1. The van der Waals surface area contributed by atoms with Crippen molar-refractivity contribution in [2.75, 3.05) is 0 Å². The van der Waals surface area contributed by atoms with Gasteiger partial charge < -0.3 is 9.90 Å². The molecule has 72 valence electrons. The van der Waals surface area contributed by atoms with Crippen molar-refractivity contribution in [3.05, 3.63) is 40.9 Å². The topological polar surface area (TPSA) is 85.3 Å². The summed E-state index contributed by atoms with van der Waals surface area (Å²) in [6, 6.07) is 8.37. The minimum atomic E-state index is -1.08. The lowest BCUT2D eigenvalue weighted by Crippen LogP contribution is -2.16. The van der Waals surface area contributed by atoms with E-state index >= 15 is 0 Å². The first-order chi connectivity index (χ1) is 6.57. The standard InChI is InChI=1S/C7H5N2O.C2H4O2/c8-9-7(10)6-4-2-1-3-5-6;1-2(3)4/h1-5H;1H3,(H,3,4)/q+1;/p-1. The highest BCUT2D eigenvalue weighted by molar-refractivity contribution is 6.00. The van der Waals surface area contributed by atoms with Crippen molar-refractivity contribution in [1.29, 1.82) is 5.39 Å². The molecule has 0 fully saturated rings. The van der Waals surface area contributed by atoms with Crippen LogP contribution in [0.1, 0.15) is 17.3 Å². The maximum Gasteiger partial charge on any atom is 0.593 e. The van der Waals surface area contributed by atoms with Crippen molar-refractivity contribution in [2.24, 2.45) is 0 Å². The molecule has 0 spiro atoms. The fourth-order valence-corrected chi connectivity index (χ4v) is 0.638. The van der Waals surface area contributed by atoms with Crippen LogP contribution in [-0.2, 0) is 4.79 Å². The Morgan fingerprint density at radius 3 is 2.07 bits per heavy atom. The number of hydrogen-bond donors (Lipinski definition) is 0. The van der Waals surface area contributed by atoms with E-state index in [9.17, 15) is 4.79 Å². The zero-order valence-electron chi connectivity index (χ0n) is 7.51. The predicted octanol–water partition coefficient (Wildman–Crippen LogP) is 0.436. The molecule has 1 aromatic carbocycles. The smallest absolute Gasteiger partial charge is 0.550 e. The molecule has 0 saturated carbocycles. The van der Waals surface area contributed by atoms with E-state index in [2.05, 4.69) is 4.98 Å².